The van der Waals surface area contributed by atoms with E-state index in [0.29, 0.717) is 16.5 Å². The van der Waals surface area contributed by atoms with Gasteiger partial charge in [0.15, 0.2) is 0 Å². The molecule has 0 bridgehead atoms. The summed E-state index contributed by atoms with van der Waals surface area (Å²) in [4.78, 5) is 23.9. The molecule has 0 unspecified atom stereocenters. The highest BCUT2D eigenvalue weighted by Crippen LogP contribution is 2.26. The average Bonchev–Trinajstić information content (AvgIpc) is 2.51. The van der Waals surface area contributed by atoms with E-state index in [1.165, 1.54) is 6.07 Å². The highest BCUT2D eigenvalue weighted by Gasteiger charge is 2.17. The Kier molecular flexibility index (Phi) is 4.60. The van der Waals surface area contributed by atoms with Gasteiger partial charge >= 0.3 is 11.6 Å². The minimum absolute atomic E-state index is 0.0917. The Bertz CT molecular complexity index is 972. The summed E-state index contributed by atoms with van der Waals surface area (Å²) in [7, 11) is 0. The number of aryl methyl sites for hydroxylation is 1. The third-order valence-electron chi connectivity index (χ3n) is 3.51. The molecule has 0 atom stereocenters. The quantitative estimate of drug-likeness (QED) is 0.497. The Morgan fingerprint density at radius 1 is 1.12 bits per heavy atom. The maximum Gasteiger partial charge on any atom is 0.341 e. The molecule has 0 saturated carbocycles. The fourth-order valence-electron chi connectivity index (χ4n) is 2.36. The molecule has 4 nitrogen and oxygen atoms in total. The molecule has 0 aliphatic rings. The van der Waals surface area contributed by atoms with Crippen LogP contribution in [0.2, 0.25) is 10.0 Å². The van der Waals surface area contributed by atoms with Crippen LogP contribution < -0.4 is 5.63 Å². The molecule has 122 valence electrons. The van der Waals surface area contributed by atoms with Gasteiger partial charge in [0.05, 0.1) is 15.6 Å². The van der Waals surface area contributed by atoms with Gasteiger partial charge in [0.2, 0.25) is 0 Å². The molecule has 3 rings (SSSR count). The smallest absolute Gasteiger partial charge is 0.341 e. The molecule has 0 radical (unpaired) electrons. The second kappa shape index (κ2) is 6.67. The van der Waals surface area contributed by atoms with Crippen molar-refractivity contribution in [3.05, 3.63) is 79.6 Å². The Hall–Kier alpha value is -2.30. The first-order valence-electron chi connectivity index (χ1n) is 7.10. The number of carbonyl (C=O) groups excluding carboxylic acids is 1. The van der Waals surface area contributed by atoms with Crippen molar-refractivity contribution in [2.24, 2.45) is 0 Å². The van der Waals surface area contributed by atoms with Crippen molar-refractivity contribution < 1.29 is 13.9 Å². The summed E-state index contributed by atoms with van der Waals surface area (Å²) in [6, 6.07) is 11.5. The Balaban J connectivity index is 1.91. The summed E-state index contributed by atoms with van der Waals surface area (Å²) in [5.41, 5.74) is 1.56. The zero-order chi connectivity index (χ0) is 17.3. The number of halogens is 2. The molecule has 0 fully saturated rings. The van der Waals surface area contributed by atoms with Gasteiger partial charge in [0.1, 0.15) is 12.2 Å². The molecular formula is C18H12Cl2O4. The first-order valence-corrected chi connectivity index (χ1v) is 7.86. The maximum absolute atomic E-state index is 12.2. The highest BCUT2D eigenvalue weighted by atomic mass is 35.5. The summed E-state index contributed by atoms with van der Waals surface area (Å²) < 4.78 is 10.5. The fourth-order valence-corrected chi connectivity index (χ4v) is 2.92. The lowest BCUT2D eigenvalue weighted by Crippen LogP contribution is -2.09. The number of hydrogen-bond acceptors (Lipinski definition) is 4. The third-order valence-corrected chi connectivity index (χ3v) is 4.14. The molecule has 0 aliphatic heterocycles. The monoisotopic (exact) mass is 362 g/mol. The van der Waals surface area contributed by atoms with E-state index in [4.69, 9.17) is 32.4 Å². The molecule has 0 aliphatic carbocycles. The van der Waals surface area contributed by atoms with E-state index < -0.39 is 11.6 Å². The van der Waals surface area contributed by atoms with Crippen LogP contribution in [0, 0.1) is 6.92 Å². The van der Waals surface area contributed by atoms with Crippen LogP contribution in [-0.4, -0.2) is 5.97 Å². The lowest BCUT2D eigenvalue weighted by Gasteiger charge is -2.09. The molecule has 0 spiro atoms. The second-order valence-corrected chi connectivity index (χ2v) is 6.08. The van der Waals surface area contributed by atoms with E-state index in [1.54, 1.807) is 24.3 Å². The van der Waals surface area contributed by atoms with Crippen molar-refractivity contribution in [1.82, 2.24) is 0 Å². The molecule has 0 amide bonds. The standard InChI is InChI=1S/C18H12Cl2O4/c1-10-5-6-12-11(8-16(21)24-15(12)7-10)9-23-18(22)17-13(19)3-2-4-14(17)20/h2-8H,9H2,1H3. The molecule has 2 aromatic carbocycles. The Morgan fingerprint density at radius 3 is 2.54 bits per heavy atom. The Morgan fingerprint density at radius 2 is 1.83 bits per heavy atom. The lowest BCUT2D eigenvalue weighted by molar-refractivity contribution is 0.0474. The first-order chi connectivity index (χ1) is 11.5. The highest BCUT2D eigenvalue weighted by molar-refractivity contribution is 6.39. The van der Waals surface area contributed by atoms with Crippen LogP contribution >= 0.6 is 23.2 Å². The molecule has 0 saturated heterocycles. The lowest BCUT2D eigenvalue weighted by atomic mass is 10.1. The Labute approximate surface area is 147 Å². The van der Waals surface area contributed by atoms with Gasteiger partial charge in [0.25, 0.3) is 0 Å². The zero-order valence-electron chi connectivity index (χ0n) is 12.6. The van der Waals surface area contributed by atoms with Crippen molar-refractivity contribution in [2.45, 2.75) is 13.5 Å². The minimum atomic E-state index is -0.654. The van der Waals surface area contributed by atoms with Crippen molar-refractivity contribution in [3.63, 3.8) is 0 Å². The van der Waals surface area contributed by atoms with Gasteiger partial charge in [-0.2, -0.15) is 0 Å². The van der Waals surface area contributed by atoms with Crippen LogP contribution in [-0.2, 0) is 11.3 Å². The van der Waals surface area contributed by atoms with Gasteiger partial charge in [0, 0.05) is 17.0 Å². The van der Waals surface area contributed by atoms with Crippen molar-refractivity contribution in [3.8, 4) is 0 Å². The number of benzene rings is 2. The molecule has 0 N–H and O–H groups in total. The molecule has 24 heavy (non-hydrogen) atoms. The summed E-state index contributed by atoms with van der Waals surface area (Å²) >= 11 is 12.0. The van der Waals surface area contributed by atoms with Crippen molar-refractivity contribution >= 4 is 40.1 Å². The van der Waals surface area contributed by atoms with Gasteiger partial charge in [-0.1, -0.05) is 41.4 Å². The van der Waals surface area contributed by atoms with E-state index in [-0.39, 0.29) is 22.2 Å². The number of hydrogen-bond donors (Lipinski definition) is 0. The number of fused-ring (bicyclic) bond motifs is 1. The second-order valence-electron chi connectivity index (χ2n) is 5.26. The normalized spacial score (nSPS) is 10.8. The summed E-state index contributed by atoms with van der Waals surface area (Å²) in [6.45, 7) is 1.80. The van der Waals surface area contributed by atoms with Crippen LogP contribution in [0.5, 0.6) is 0 Å². The number of carbonyl (C=O) groups is 1. The molecule has 3 aromatic rings. The molecule has 1 aromatic heterocycles. The maximum atomic E-state index is 12.2. The largest absolute Gasteiger partial charge is 0.457 e. The van der Waals surface area contributed by atoms with Gasteiger partial charge in [-0.05, 0) is 30.7 Å². The minimum Gasteiger partial charge on any atom is -0.457 e. The van der Waals surface area contributed by atoms with E-state index >= 15 is 0 Å². The van der Waals surface area contributed by atoms with Crippen molar-refractivity contribution in [2.75, 3.05) is 0 Å². The third kappa shape index (κ3) is 3.30. The van der Waals surface area contributed by atoms with Crippen molar-refractivity contribution in [1.29, 1.82) is 0 Å². The SMILES string of the molecule is Cc1ccc2c(COC(=O)c3c(Cl)cccc3Cl)cc(=O)oc2c1. The van der Waals surface area contributed by atoms with E-state index in [0.717, 1.165) is 5.56 Å². The van der Waals surface area contributed by atoms with E-state index in [1.807, 2.05) is 19.1 Å². The fraction of sp³-hybridized carbons (Fsp3) is 0.111. The topological polar surface area (TPSA) is 56.5 Å². The molecule has 6 heteroatoms. The van der Waals surface area contributed by atoms with Gasteiger partial charge in [-0.3, -0.25) is 0 Å². The molecular weight excluding hydrogens is 351 g/mol. The van der Waals surface area contributed by atoms with Gasteiger partial charge < -0.3 is 9.15 Å². The van der Waals surface area contributed by atoms with E-state index in [9.17, 15) is 9.59 Å². The van der Waals surface area contributed by atoms with Crippen LogP contribution in [0.15, 0.2) is 51.7 Å². The zero-order valence-corrected chi connectivity index (χ0v) is 14.1. The molecule has 1 heterocycles. The number of rotatable bonds is 3. The predicted molar refractivity (Wildman–Crippen MR) is 92.8 cm³/mol. The summed E-state index contributed by atoms with van der Waals surface area (Å²) in [5, 5.41) is 1.12. The van der Waals surface area contributed by atoms with Gasteiger partial charge in [-0.25, -0.2) is 9.59 Å². The van der Waals surface area contributed by atoms with Crippen LogP contribution in [0.1, 0.15) is 21.5 Å². The number of ether oxygens (including phenoxy) is 1. The summed E-state index contributed by atoms with van der Waals surface area (Å²) in [5.74, 6) is -0.654. The van der Waals surface area contributed by atoms with Crippen LogP contribution in [0.25, 0.3) is 11.0 Å². The predicted octanol–water partition coefficient (Wildman–Crippen LogP) is 4.77. The first kappa shape index (κ1) is 16.6. The number of esters is 1. The van der Waals surface area contributed by atoms with E-state index in [2.05, 4.69) is 0 Å². The average molecular weight is 363 g/mol. The van der Waals surface area contributed by atoms with Gasteiger partial charge in [-0.15, -0.1) is 0 Å². The van der Waals surface area contributed by atoms with Crippen LogP contribution in [0.4, 0.5) is 0 Å². The summed E-state index contributed by atoms with van der Waals surface area (Å²) in [6.07, 6.45) is 0. The van der Waals surface area contributed by atoms with Crippen LogP contribution in [0.3, 0.4) is 0 Å².